The number of anilines is 1. The van der Waals surface area contributed by atoms with E-state index in [2.05, 4.69) is 58.0 Å². The summed E-state index contributed by atoms with van der Waals surface area (Å²) in [7, 11) is 3.47. The van der Waals surface area contributed by atoms with Crippen LogP contribution in [0.15, 0.2) is 22.0 Å². The van der Waals surface area contributed by atoms with Crippen LogP contribution in [0, 0.1) is 0 Å². The number of halogens is 2. The Balaban J connectivity index is 0.00000280. The molecular formula is C16H25BrIN9O. The fourth-order valence-corrected chi connectivity index (χ4v) is 3.14. The zero-order valence-corrected chi connectivity index (χ0v) is 20.1. The first-order valence-electron chi connectivity index (χ1n) is 8.80. The number of aryl methyl sites for hydroxylation is 1. The summed E-state index contributed by atoms with van der Waals surface area (Å²) in [4.78, 5) is 22.2. The maximum Gasteiger partial charge on any atom is 0.232 e. The molecule has 1 fully saturated rings. The fraction of sp³-hybridized carbons (Fsp3) is 0.562. The molecule has 1 aliphatic rings. The van der Waals surface area contributed by atoms with Gasteiger partial charge in [0.05, 0.1) is 17.8 Å². The maximum atomic E-state index is 5.27. The van der Waals surface area contributed by atoms with E-state index in [1.807, 2.05) is 7.05 Å². The monoisotopic (exact) mass is 565 g/mol. The van der Waals surface area contributed by atoms with Gasteiger partial charge in [0, 0.05) is 39.8 Å². The number of aromatic nitrogens is 5. The second kappa shape index (κ2) is 10.7. The van der Waals surface area contributed by atoms with Crippen LogP contribution >= 0.6 is 39.9 Å². The Morgan fingerprint density at radius 3 is 2.64 bits per heavy atom. The molecule has 0 spiro atoms. The molecule has 2 aromatic rings. The van der Waals surface area contributed by atoms with Crippen LogP contribution in [0.2, 0.25) is 0 Å². The second-order valence-electron chi connectivity index (χ2n) is 5.97. The molecule has 28 heavy (non-hydrogen) atoms. The Bertz CT molecular complexity index is 792. The lowest BCUT2D eigenvalue weighted by molar-refractivity contribution is 0.366. The molecule has 1 N–H and O–H groups in total. The molecule has 0 bridgehead atoms. The summed E-state index contributed by atoms with van der Waals surface area (Å²) < 4.78 is 7.75. The van der Waals surface area contributed by atoms with E-state index in [1.165, 1.54) is 0 Å². The fourth-order valence-electron chi connectivity index (χ4n) is 2.79. The molecule has 154 valence electrons. The minimum atomic E-state index is 0. The first-order valence-corrected chi connectivity index (χ1v) is 9.59. The number of ether oxygens (including phenoxy) is 1. The van der Waals surface area contributed by atoms with Gasteiger partial charge in [-0.3, -0.25) is 4.68 Å². The van der Waals surface area contributed by atoms with Gasteiger partial charge in [0.2, 0.25) is 11.8 Å². The van der Waals surface area contributed by atoms with E-state index < -0.39 is 0 Å². The summed E-state index contributed by atoms with van der Waals surface area (Å²) in [6.45, 7) is 6.63. The van der Waals surface area contributed by atoms with Crippen LogP contribution in [0.1, 0.15) is 12.7 Å². The average Bonchev–Trinajstić information content (AvgIpc) is 3.10. The lowest BCUT2D eigenvalue weighted by atomic mass is 10.3. The van der Waals surface area contributed by atoms with Gasteiger partial charge < -0.3 is 19.9 Å². The highest BCUT2D eigenvalue weighted by Crippen LogP contribution is 2.23. The zero-order valence-electron chi connectivity index (χ0n) is 16.2. The Morgan fingerprint density at radius 2 is 2.04 bits per heavy atom. The molecule has 12 heteroatoms. The first-order chi connectivity index (χ1) is 13.1. The van der Waals surface area contributed by atoms with Gasteiger partial charge in [0.25, 0.3) is 0 Å². The van der Waals surface area contributed by atoms with E-state index in [4.69, 9.17) is 9.73 Å². The SMILES string of the molecule is CCNC(=NCc1ncnn1C)N1CCN(c2ncc(Br)c(OC)n2)CC1.I. The predicted octanol–water partition coefficient (Wildman–Crippen LogP) is 1.28. The third-order valence-electron chi connectivity index (χ3n) is 4.26. The highest BCUT2D eigenvalue weighted by atomic mass is 127. The molecule has 1 saturated heterocycles. The number of nitrogens with one attached hydrogen (secondary N) is 1. The largest absolute Gasteiger partial charge is 0.480 e. The van der Waals surface area contributed by atoms with Gasteiger partial charge in [-0.05, 0) is 22.9 Å². The Hall–Kier alpha value is -1.70. The van der Waals surface area contributed by atoms with Gasteiger partial charge in [-0.25, -0.2) is 15.0 Å². The van der Waals surface area contributed by atoms with Crippen LogP contribution in [0.3, 0.4) is 0 Å². The molecule has 0 aromatic carbocycles. The number of aliphatic imine (C=N–C) groups is 1. The van der Waals surface area contributed by atoms with Crippen LogP contribution in [0.25, 0.3) is 0 Å². The van der Waals surface area contributed by atoms with Gasteiger partial charge in [-0.1, -0.05) is 0 Å². The first kappa shape index (κ1) is 22.6. The van der Waals surface area contributed by atoms with E-state index in [-0.39, 0.29) is 24.0 Å². The van der Waals surface area contributed by atoms with Gasteiger partial charge in [0.15, 0.2) is 5.96 Å². The molecule has 0 amide bonds. The van der Waals surface area contributed by atoms with Crippen LogP contribution in [0.4, 0.5) is 5.95 Å². The minimum Gasteiger partial charge on any atom is -0.480 e. The number of hydrogen-bond donors (Lipinski definition) is 1. The molecule has 0 radical (unpaired) electrons. The zero-order chi connectivity index (χ0) is 19.2. The predicted molar refractivity (Wildman–Crippen MR) is 121 cm³/mol. The van der Waals surface area contributed by atoms with Crippen molar-refractivity contribution >= 4 is 51.8 Å². The van der Waals surface area contributed by atoms with Crippen molar-refractivity contribution in [2.75, 3.05) is 44.7 Å². The van der Waals surface area contributed by atoms with E-state index in [1.54, 1.807) is 24.3 Å². The van der Waals surface area contributed by atoms with Crippen molar-refractivity contribution in [3.8, 4) is 5.88 Å². The highest BCUT2D eigenvalue weighted by Gasteiger charge is 2.22. The molecule has 0 unspecified atom stereocenters. The molecule has 0 atom stereocenters. The second-order valence-corrected chi connectivity index (χ2v) is 6.83. The van der Waals surface area contributed by atoms with Crippen LogP contribution in [0.5, 0.6) is 5.88 Å². The third kappa shape index (κ3) is 5.43. The Morgan fingerprint density at radius 1 is 1.29 bits per heavy atom. The minimum absolute atomic E-state index is 0. The molecule has 3 heterocycles. The van der Waals surface area contributed by atoms with Crippen LogP contribution in [-0.4, -0.2) is 75.4 Å². The standard InChI is InChI=1S/C16H24BrN9O.HI/c1-4-18-15(20-10-13-21-11-22-24(13)2)25-5-7-26(8-6-25)16-19-9-12(17)14(23-16)27-3;/h9,11H,4-8,10H2,1-3H3,(H,18,20);1H. The summed E-state index contributed by atoms with van der Waals surface area (Å²) in [6.07, 6.45) is 3.27. The number of nitrogens with zero attached hydrogens (tertiary/aromatic N) is 8. The Kier molecular flexibility index (Phi) is 8.66. The summed E-state index contributed by atoms with van der Waals surface area (Å²) >= 11 is 3.39. The molecule has 0 saturated carbocycles. The normalized spacial score (nSPS) is 14.6. The van der Waals surface area contributed by atoms with Gasteiger partial charge in [-0.2, -0.15) is 10.1 Å². The maximum absolute atomic E-state index is 5.27. The number of methoxy groups -OCH3 is 1. The van der Waals surface area contributed by atoms with E-state index in [0.29, 0.717) is 18.4 Å². The lowest BCUT2D eigenvalue weighted by Gasteiger charge is -2.36. The van der Waals surface area contributed by atoms with E-state index in [0.717, 1.165) is 49.0 Å². The van der Waals surface area contributed by atoms with Crippen molar-refractivity contribution < 1.29 is 4.74 Å². The lowest BCUT2D eigenvalue weighted by Crippen LogP contribution is -2.53. The van der Waals surface area contributed by atoms with Gasteiger partial charge in [-0.15, -0.1) is 24.0 Å². The van der Waals surface area contributed by atoms with E-state index >= 15 is 0 Å². The van der Waals surface area contributed by atoms with E-state index in [9.17, 15) is 0 Å². The third-order valence-corrected chi connectivity index (χ3v) is 4.81. The van der Waals surface area contributed by atoms with Crippen LogP contribution in [-0.2, 0) is 13.6 Å². The molecule has 0 aliphatic carbocycles. The van der Waals surface area contributed by atoms with Crippen molar-refractivity contribution in [2.45, 2.75) is 13.5 Å². The summed E-state index contributed by atoms with van der Waals surface area (Å²) in [5, 5.41) is 7.44. The van der Waals surface area contributed by atoms with Gasteiger partial charge >= 0.3 is 0 Å². The number of guanidine groups is 1. The molecule has 3 rings (SSSR count). The molecule has 1 aliphatic heterocycles. The van der Waals surface area contributed by atoms with Gasteiger partial charge in [0.1, 0.15) is 18.7 Å². The number of hydrogen-bond acceptors (Lipinski definition) is 7. The number of rotatable bonds is 5. The van der Waals surface area contributed by atoms with Crippen molar-refractivity contribution in [1.82, 2.24) is 34.9 Å². The van der Waals surface area contributed by atoms with Crippen LogP contribution < -0.4 is 15.0 Å². The Labute approximate surface area is 189 Å². The number of piperazine rings is 1. The molecule has 2 aromatic heterocycles. The van der Waals surface area contributed by atoms with Crippen molar-refractivity contribution in [3.05, 3.63) is 22.8 Å². The average molecular weight is 566 g/mol. The summed E-state index contributed by atoms with van der Waals surface area (Å²) in [6, 6.07) is 0. The quantitative estimate of drug-likeness (QED) is 0.329. The molecule has 10 nitrogen and oxygen atoms in total. The van der Waals surface area contributed by atoms with Crippen molar-refractivity contribution in [2.24, 2.45) is 12.0 Å². The van der Waals surface area contributed by atoms with Crippen molar-refractivity contribution in [1.29, 1.82) is 0 Å². The summed E-state index contributed by atoms with van der Waals surface area (Å²) in [5.41, 5.74) is 0. The smallest absolute Gasteiger partial charge is 0.232 e. The topological polar surface area (TPSA) is 96.6 Å². The van der Waals surface area contributed by atoms with Crippen molar-refractivity contribution in [3.63, 3.8) is 0 Å². The summed E-state index contributed by atoms with van der Waals surface area (Å²) in [5.74, 6) is 2.94. The highest BCUT2D eigenvalue weighted by molar-refractivity contribution is 14.0. The molecular weight excluding hydrogens is 541 g/mol.